The number of para-hydroxylation sites is 1. The Hall–Kier alpha value is -3.81. The molecular formula is C21H21N3O5. The highest BCUT2D eigenvalue weighted by molar-refractivity contribution is 6.29. The van der Waals surface area contributed by atoms with E-state index >= 15 is 0 Å². The summed E-state index contributed by atoms with van der Waals surface area (Å²) in [4.78, 5) is 38.9. The fraction of sp³-hybridized carbons (Fsp3) is 0.190. The van der Waals surface area contributed by atoms with Crippen LogP contribution in [0.5, 0.6) is 11.5 Å². The highest BCUT2D eigenvalue weighted by Crippen LogP contribution is 2.32. The largest absolute Gasteiger partial charge is 0.497 e. The number of benzene rings is 2. The summed E-state index contributed by atoms with van der Waals surface area (Å²) in [5, 5.41) is 5.33. The third-order valence-corrected chi connectivity index (χ3v) is 4.49. The normalized spacial score (nSPS) is 17.1. The second kappa shape index (κ2) is 8.47. The van der Waals surface area contributed by atoms with Gasteiger partial charge in [0.1, 0.15) is 11.5 Å². The third kappa shape index (κ3) is 3.91. The first-order valence-electron chi connectivity index (χ1n) is 8.89. The average Bonchev–Trinajstić information content (AvgIpc) is 2.73. The van der Waals surface area contributed by atoms with Crippen LogP contribution in [0.25, 0.3) is 0 Å². The van der Waals surface area contributed by atoms with Crippen LogP contribution in [0.3, 0.4) is 0 Å². The number of anilines is 2. The molecule has 8 heteroatoms. The summed E-state index contributed by atoms with van der Waals surface area (Å²) >= 11 is 0. The van der Waals surface area contributed by atoms with Crippen molar-refractivity contribution < 1.29 is 23.9 Å². The summed E-state index contributed by atoms with van der Waals surface area (Å²) in [6, 6.07) is 12.8. The topological polar surface area (TPSA) is 97.0 Å². The van der Waals surface area contributed by atoms with E-state index in [1.54, 1.807) is 68.6 Å². The lowest BCUT2D eigenvalue weighted by atomic mass is 9.99. The number of imide groups is 2. The highest BCUT2D eigenvalue weighted by atomic mass is 16.5. The van der Waals surface area contributed by atoms with Gasteiger partial charge in [0.25, 0.3) is 5.91 Å². The van der Waals surface area contributed by atoms with E-state index in [1.807, 2.05) is 0 Å². The van der Waals surface area contributed by atoms with Crippen molar-refractivity contribution >= 4 is 29.2 Å². The van der Waals surface area contributed by atoms with Gasteiger partial charge in [0, 0.05) is 11.8 Å². The molecular weight excluding hydrogens is 374 g/mol. The van der Waals surface area contributed by atoms with E-state index in [0.717, 1.165) is 4.90 Å². The first kappa shape index (κ1) is 19.9. The van der Waals surface area contributed by atoms with Gasteiger partial charge in [-0.2, -0.15) is 0 Å². The van der Waals surface area contributed by atoms with Gasteiger partial charge in [0.2, 0.25) is 5.91 Å². The molecule has 150 valence electrons. The maximum Gasteiger partial charge on any atom is 0.335 e. The molecule has 3 rings (SSSR count). The number of rotatable bonds is 6. The Bertz CT molecular complexity index is 972. The fourth-order valence-electron chi connectivity index (χ4n) is 3.04. The van der Waals surface area contributed by atoms with E-state index in [2.05, 4.69) is 10.6 Å². The second-order valence-electron chi connectivity index (χ2n) is 6.17. The molecule has 2 aromatic rings. The summed E-state index contributed by atoms with van der Waals surface area (Å²) in [5.74, 6) is -1.48. The van der Waals surface area contributed by atoms with E-state index < -0.39 is 23.8 Å². The van der Waals surface area contributed by atoms with Crippen molar-refractivity contribution in [1.82, 2.24) is 5.32 Å². The van der Waals surface area contributed by atoms with Gasteiger partial charge < -0.3 is 14.8 Å². The zero-order valence-electron chi connectivity index (χ0n) is 16.3. The van der Waals surface area contributed by atoms with Crippen LogP contribution < -0.4 is 25.0 Å². The molecule has 1 heterocycles. The van der Waals surface area contributed by atoms with E-state index in [0.29, 0.717) is 28.6 Å². The Morgan fingerprint density at radius 1 is 1.07 bits per heavy atom. The van der Waals surface area contributed by atoms with E-state index in [4.69, 9.17) is 9.47 Å². The van der Waals surface area contributed by atoms with Crippen molar-refractivity contribution in [1.29, 1.82) is 0 Å². The van der Waals surface area contributed by atoms with Crippen LogP contribution in [0.4, 0.5) is 16.2 Å². The summed E-state index contributed by atoms with van der Waals surface area (Å²) in [5.41, 5.74) is 1.25. The molecule has 29 heavy (non-hydrogen) atoms. The Morgan fingerprint density at radius 3 is 2.41 bits per heavy atom. The lowest BCUT2D eigenvalue weighted by Gasteiger charge is -2.31. The zero-order valence-corrected chi connectivity index (χ0v) is 16.3. The van der Waals surface area contributed by atoms with Crippen molar-refractivity contribution in [2.24, 2.45) is 5.92 Å². The molecule has 1 saturated heterocycles. The van der Waals surface area contributed by atoms with E-state index in [9.17, 15) is 14.4 Å². The van der Waals surface area contributed by atoms with Crippen molar-refractivity contribution in [3.05, 3.63) is 60.3 Å². The summed E-state index contributed by atoms with van der Waals surface area (Å²) in [7, 11) is 3.04. The SMILES string of the molecule is C/C=C(\Nc1ccc(OC)cc1OC)[C@@H]1C(=O)NC(=O)N(c2ccccc2)C1=O. The molecule has 0 radical (unpaired) electrons. The lowest BCUT2D eigenvalue weighted by molar-refractivity contribution is -0.132. The summed E-state index contributed by atoms with van der Waals surface area (Å²) in [6.45, 7) is 1.70. The molecule has 0 aromatic heterocycles. The van der Waals surface area contributed by atoms with Crippen molar-refractivity contribution in [2.45, 2.75) is 6.92 Å². The average molecular weight is 395 g/mol. The molecule has 2 aromatic carbocycles. The number of hydrogen-bond donors (Lipinski definition) is 2. The number of allylic oxidation sites excluding steroid dienone is 1. The number of carbonyl (C=O) groups excluding carboxylic acids is 3. The maximum atomic E-state index is 13.1. The quantitative estimate of drug-likeness (QED) is 0.730. The Morgan fingerprint density at radius 2 is 1.79 bits per heavy atom. The number of nitrogens with one attached hydrogen (secondary N) is 2. The molecule has 0 saturated carbocycles. The molecule has 2 N–H and O–H groups in total. The molecule has 4 amide bonds. The first-order chi connectivity index (χ1) is 14.0. The number of urea groups is 1. The summed E-state index contributed by atoms with van der Waals surface area (Å²) in [6.07, 6.45) is 1.62. The predicted molar refractivity (Wildman–Crippen MR) is 108 cm³/mol. The van der Waals surface area contributed by atoms with Crippen LogP contribution in [-0.4, -0.2) is 32.1 Å². The Kier molecular flexibility index (Phi) is 5.82. The van der Waals surface area contributed by atoms with Crippen molar-refractivity contribution in [3.63, 3.8) is 0 Å². The number of amides is 4. The number of ether oxygens (including phenoxy) is 2. The van der Waals surface area contributed by atoms with Gasteiger partial charge >= 0.3 is 6.03 Å². The van der Waals surface area contributed by atoms with E-state index in [-0.39, 0.29) is 0 Å². The van der Waals surface area contributed by atoms with E-state index in [1.165, 1.54) is 7.11 Å². The van der Waals surface area contributed by atoms with Gasteiger partial charge in [-0.25, -0.2) is 9.69 Å². The minimum Gasteiger partial charge on any atom is -0.497 e. The van der Waals surface area contributed by atoms with Crippen LogP contribution in [0.15, 0.2) is 60.3 Å². The second-order valence-corrected chi connectivity index (χ2v) is 6.17. The van der Waals surface area contributed by atoms with Crippen molar-refractivity contribution in [2.75, 3.05) is 24.4 Å². The monoisotopic (exact) mass is 395 g/mol. The fourth-order valence-corrected chi connectivity index (χ4v) is 3.04. The third-order valence-electron chi connectivity index (χ3n) is 4.49. The molecule has 1 aliphatic heterocycles. The van der Waals surface area contributed by atoms with Gasteiger partial charge in [-0.05, 0) is 31.2 Å². The number of methoxy groups -OCH3 is 2. The van der Waals surface area contributed by atoms with Gasteiger partial charge in [0.05, 0.1) is 25.6 Å². The number of nitrogens with zero attached hydrogens (tertiary/aromatic N) is 1. The van der Waals surface area contributed by atoms with Gasteiger partial charge in [0.15, 0.2) is 5.92 Å². The first-order valence-corrected chi connectivity index (χ1v) is 8.89. The maximum absolute atomic E-state index is 13.1. The number of hydrogen-bond acceptors (Lipinski definition) is 6. The van der Waals surface area contributed by atoms with Crippen molar-refractivity contribution in [3.8, 4) is 11.5 Å². The molecule has 0 unspecified atom stereocenters. The van der Waals surface area contributed by atoms with Crippen LogP contribution >= 0.6 is 0 Å². The molecule has 1 aliphatic rings. The standard InChI is InChI=1S/C21H21N3O5/c1-4-15(22-16-11-10-14(28-2)12-17(16)29-3)18-19(25)23-21(27)24(20(18)26)13-8-6-5-7-9-13/h4-12,18,22H,1-3H3,(H,23,25,27)/b15-4-/t18-/m1/s1. The molecule has 0 spiro atoms. The molecule has 0 bridgehead atoms. The van der Waals surface area contributed by atoms with Crippen LogP contribution in [0.2, 0.25) is 0 Å². The summed E-state index contributed by atoms with van der Waals surface area (Å²) < 4.78 is 10.5. The van der Waals surface area contributed by atoms with Gasteiger partial charge in [-0.1, -0.05) is 24.3 Å². The molecule has 8 nitrogen and oxygen atoms in total. The lowest BCUT2D eigenvalue weighted by Crippen LogP contribution is -2.59. The van der Waals surface area contributed by atoms with Crippen LogP contribution in [0.1, 0.15) is 6.92 Å². The number of carbonyl (C=O) groups is 3. The van der Waals surface area contributed by atoms with Crippen LogP contribution in [0, 0.1) is 5.92 Å². The Balaban J connectivity index is 1.93. The molecule has 1 fully saturated rings. The van der Waals surface area contributed by atoms with Gasteiger partial charge in [-0.15, -0.1) is 0 Å². The molecule has 0 aliphatic carbocycles. The smallest absolute Gasteiger partial charge is 0.335 e. The predicted octanol–water partition coefficient (Wildman–Crippen LogP) is 2.92. The highest BCUT2D eigenvalue weighted by Gasteiger charge is 2.43. The number of barbiturate groups is 1. The van der Waals surface area contributed by atoms with Crippen LogP contribution in [-0.2, 0) is 9.59 Å². The molecule has 1 atom stereocenters. The zero-order chi connectivity index (χ0) is 21.0. The minimum absolute atomic E-state index is 0.324. The van der Waals surface area contributed by atoms with Gasteiger partial charge in [-0.3, -0.25) is 14.9 Å². The Labute approximate surface area is 168 Å². The minimum atomic E-state index is -1.22.